The van der Waals surface area contributed by atoms with Crippen molar-refractivity contribution >= 4 is 22.2 Å². The van der Waals surface area contributed by atoms with Crippen LogP contribution in [0.1, 0.15) is 30.7 Å². The monoisotopic (exact) mass is 267 g/mol. The Morgan fingerprint density at radius 3 is 2.60 bits per heavy atom. The van der Waals surface area contributed by atoms with Crippen LogP contribution >= 0.6 is 15.9 Å². The van der Waals surface area contributed by atoms with Gasteiger partial charge in [-0.15, -0.1) is 0 Å². The summed E-state index contributed by atoms with van der Waals surface area (Å²) in [5.41, 5.74) is 6.64. The smallest absolute Gasteiger partial charge is 0.139 e. The van der Waals surface area contributed by atoms with Gasteiger partial charge >= 0.3 is 0 Å². The maximum atomic E-state index is 10.8. The van der Waals surface area contributed by atoms with Crippen LogP contribution in [0.25, 0.3) is 0 Å². The van der Waals surface area contributed by atoms with Crippen molar-refractivity contribution in [2.24, 2.45) is 5.73 Å². The molecule has 0 heterocycles. The van der Waals surface area contributed by atoms with Gasteiger partial charge in [0.25, 0.3) is 0 Å². The van der Waals surface area contributed by atoms with E-state index in [-0.39, 0.29) is 0 Å². The maximum absolute atomic E-state index is 10.8. The fraction of sp³-hybridized carbons (Fsp3) is 0.417. The largest absolute Gasteiger partial charge is 0.319 e. The lowest BCUT2D eigenvalue weighted by Gasteiger charge is -2.15. The first-order chi connectivity index (χ1) is 7.13. The summed E-state index contributed by atoms with van der Waals surface area (Å²) in [6.07, 6.45) is 3.50. The van der Waals surface area contributed by atoms with E-state index in [1.54, 1.807) is 0 Å². The second kappa shape index (κ2) is 4.06. The number of halogens is 1. The lowest BCUT2D eigenvalue weighted by atomic mass is 9.94. The number of nitrogens with two attached hydrogens (primary N) is 1. The summed E-state index contributed by atoms with van der Waals surface area (Å²) in [7, 11) is 0. The molecule has 2 rings (SSSR count). The quantitative estimate of drug-likeness (QED) is 0.838. The van der Waals surface area contributed by atoms with Crippen LogP contribution < -0.4 is 5.73 Å². The minimum absolute atomic E-state index is 0.438. The van der Waals surface area contributed by atoms with E-state index in [0.29, 0.717) is 5.92 Å². The van der Waals surface area contributed by atoms with Crippen LogP contribution in [0.4, 0.5) is 0 Å². The SMILES string of the molecule is N[C@]1(C=O)CCC(c2ccc(Br)cc2)C1. The fourth-order valence-electron chi connectivity index (χ4n) is 2.23. The molecule has 1 fully saturated rings. The van der Waals surface area contributed by atoms with Gasteiger partial charge in [0.05, 0.1) is 5.54 Å². The third-order valence-electron chi connectivity index (χ3n) is 3.16. The zero-order chi connectivity index (χ0) is 10.9. The van der Waals surface area contributed by atoms with Gasteiger partial charge < -0.3 is 10.5 Å². The topological polar surface area (TPSA) is 43.1 Å². The van der Waals surface area contributed by atoms with E-state index in [1.165, 1.54) is 5.56 Å². The highest BCUT2D eigenvalue weighted by Gasteiger charge is 2.35. The minimum atomic E-state index is -0.586. The first kappa shape index (κ1) is 10.8. The van der Waals surface area contributed by atoms with Crippen LogP contribution in [0.2, 0.25) is 0 Å². The molecule has 80 valence electrons. The summed E-state index contributed by atoms with van der Waals surface area (Å²) in [6.45, 7) is 0. The number of carbonyl (C=O) groups excluding carboxylic acids is 1. The van der Waals surface area contributed by atoms with E-state index in [4.69, 9.17) is 5.73 Å². The lowest BCUT2D eigenvalue weighted by molar-refractivity contribution is -0.112. The van der Waals surface area contributed by atoms with E-state index in [1.807, 2.05) is 12.1 Å². The fourth-order valence-corrected chi connectivity index (χ4v) is 2.50. The van der Waals surface area contributed by atoms with Crippen LogP contribution in [-0.2, 0) is 4.79 Å². The molecule has 2 nitrogen and oxygen atoms in total. The summed E-state index contributed by atoms with van der Waals surface area (Å²) in [6, 6.07) is 8.27. The summed E-state index contributed by atoms with van der Waals surface area (Å²) >= 11 is 3.41. The number of hydrogen-bond donors (Lipinski definition) is 1. The molecule has 3 heteroatoms. The minimum Gasteiger partial charge on any atom is -0.319 e. The van der Waals surface area contributed by atoms with Crippen molar-refractivity contribution in [3.05, 3.63) is 34.3 Å². The Hall–Kier alpha value is -0.670. The highest BCUT2D eigenvalue weighted by Crippen LogP contribution is 2.38. The van der Waals surface area contributed by atoms with Gasteiger partial charge in [0.1, 0.15) is 6.29 Å². The number of rotatable bonds is 2. The molecule has 1 aliphatic carbocycles. The van der Waals surface area contributed by atoms with Gasteiger partial charge in [0, 0.05) is 4.47 Å². The van der Waals surface area contributed by atoms with Crippen LogP contribution in [0.5, 0.6) is 0 Å². The zero-order valence-electron chi connectivity index (χ0n) is 8.45. The summed E-state index contributed by atoms with van der Waals surface area (Å²) in [5.74, 6) is 0.438. The molecular formula is C12H14BrNO. The van der Waals surface area contributed by atoms with Crippen LogP contribution in [0.15, 0.2) is 28.7 Å². The molecule has 1 unspecified atom stereocenters. The van der Waals surface area contributed by atoms with Crippen LogP contribution in [-0.4, -0.2) is 11.8 Å². The molecule has 1 saturated carbocycles. The Balaban J connectivity index is 2.14. The molecule has 0 bridgehead atoms. The Bertz CT molecular complexity index is 362. The van der Waals surface area contributed by atoms with Crippen molar-refractivity contribution in [2.75, 3.05) is 0 Å². The molecule has 2 N–H and O–H groups in total. The van der Waals surface area contributed by atoms with Gasteiger partial charge in [-0.25, -0.2) is 0 Å². The second-order valence-electron chi connectivity index (χ2n) is 4.34. The lowest BCUT2D eigenvalue weighted by Crippen LogP contribution is -2.38. The zero-order valence-corrected chi connectivity index (χ0v) is 10.0. The van der Waals surface area contributed by atoms with Gasteiger partial charge in [-0.1, -0.05) is 28.1 Å². The predicted molar refractivity (Wildman–Crippen MR) is 63.7 cm³/mol. The maximum Gasteiger partial charge on any atom is 0.139 e. The van der Waals surface area contributed by atoms with Gasteiger partial charge in [-0.2, -0.15) is 0 Å². The normalized spacial score (nSPS) is 30.4. The molecule has 1 aromatic rings. The Morgan fingerprint density at radius 2 is 2.07 bits per heavy atom. The van der Waals surface area contributed by atoms with Crippen molar-refractivity contribution in [2.45, 2.75) is 30.7 Å². The van der Waals surface area contributed by atoms with E-state index in [9.17, 15) is 4.79 Å². The van der Waals surface area contributed by atoms with E-state index in [2.05, 4.69) is 28.1 Å². The third-order valence-corrected chi connectivity index (χ3v) is 3.69. The van der Waals surface area contributed by atoms with Gasteiger partial charge in [0.2, 0.25) is 0 Å². The Kier molecular flexibility index (Phi) is 2.94. The summed E-state index contributed by atoms with van der Waals surface area (Å²) < 4.78 is 1.08. The van der Waals surface area contributed by atoms with Crippen molar-refractivity contribution < 1.29 is 4.79 Å². The number of carbonyl (C=O) groups is 1. The van der Waals surface area contributed by atoms with Gasteiger partial charge in [-0.3, -0.25) is 0 Å². The van der Waals surface area contributed by atoms with E-state index >= 15 is 0 Å². The highest BCUT2D eigenvalue weighted by molar-refractivity contribution is 9.10. The molecule has 0 radical (unpaired) electrons. The molecule has 2 atom stereocenters. The predicted octanol–water partition coefficient (Wildman–Crippen LogP) is 2.61. The summed E-state index contributed by atoms with van der Waals surface area (Å²) in [5, 5.41) is 0. The third kappa shape index (κ3) is 2.29. The number of benzene rings is 1. The van der Waals surface area contributed by atoms with Crippen LogP contribution in [0.3, 0.4) is 0 Å². The average molecular weight is 268 g/mol. The van der Waals surface area contributed by atoms with Crippen molar-refractivity contribution in [1.29, 1.82) is 0 Å². The van der Waals surface area contributed by atoms with Crippen molar-refractivity contribution in [3.63, 3.8) is 0 Å². The first-order valence-electron chi connectivity index (χ1n) is 5.14. The number of hydrogen-bond acceptors (Lipinski definition) is 2. The second-order valence-corrected chi connectivity index (χ2v) is 5.26. The first-order valence-corrected chi connectivity index (χ1v) is 5.93. The van der Waals surface area contributed by atoms with E-state index in [0.717, 1.165) is 30.0 Å². The highest BCUT2D eigenvalue weighted by atomic mass is 79.9. The van der Waals surface area contributed by atoms with Crippen molar-refractivity contribution in [1.82, 2.24) is 0 Å². The molecular weight excluding hydrogens is 254 g/mol. The summed E-state index contributed by atoms with van der Waals surface area (Å²) in [4.78, 5) is 10.8. The van der Waals surface area contributed by atoms with Crippen molar-refractivity contribution in [3.8, 4) is 0 Å². The Labute approximate surface area is 98.0 Å². The Morgan fingerprint density at radius 1 is 1.40 bits per heavy atom. The van der Waals surface area contributed by atoms with Gasteiger partial charge in [-0.05, 0) is 42.9 Å². The number of aldehydes is 1. The van der Waals surface area contributed by atoms with E-state index < -0.39 is 5.54 Å². The average Bonchev–Trinajstić information content (AvgIpc) is 2.63. The molecule has 0 spiro atoms. The molecule has 0 aliphatic heterocycles. The molecule has 1 aromatic carbocycles. The molecule has 0 aromatic heterocycles. The molecule has 0 amide bonds. The molecule has 0 saturated heterocycles. The van der Waals surface area contributed by atoms with Crippen LogP contribution in [0, 0.1) is 0 Å². The molecule has 1 aliphatic rings. The standard InChI is InChI=1S/C12H14BrNO/c13-11-3-1-9(2-4-11)10-5-6-12(14,7-10)8-15/h1-4,8,10H,5-7,14H2/t10?,12-/m1/s1. The van der Waals surface area contributed by atoms with Gasteiger partial charge in [0.15, 0.2) is 0 Å². The molecule has 15 heavy (non-hydrogen) atoms.